The monoisotopic (exact) mass is 414 g/mol. The Morgan fingerprint density at radius 1 is 0.607 bits per heavy atom. The molecule has 0 radical (unpaired) electrons. The first-order valence-electron chi connectivity index (χ1n) is 9.02. The number of benzene rings is 2. The fourth-order valence-corrected chi connectivity index (χ4v) is 3.45. The molecule has 0 saturated carbocycles. The van der Waals surface area contributed by atoms with Crippen LogP contribution in [0.5, 0.6) is 0 Å². The highest BCUT2D eigenvalue weighted by Crippen LogP contribution is 2.27. The van der Waals surface area contributed by atoms with Gasteiger partial charge in [0.05, 0.1) is 10.1 Å². The first-order valence-corrected chi connectivity index (χ1v) is 9.78. The number of allylic oxidation sites excluding steroid dienone is 2. The summed E-state index contributed by atoms with van der Waals surface area (Å²) in [5, 5.41) is 6.82. The minimum Gasteiger partial charge on any atom is -0.328 e. The Kier molecular flexibility index (Phi) is 6.90. The topological polar surface area (TPSA) is 58.2 Å². The lowest BCUT2D eigenvalue weighted by Crippen LogP contribution is -2.12. The predicted molar refractivity (Wildman–Crippen MR) is 113 cm³/mol. The Bertz CT molecular complexity index is 845. The molecule has 0 aromatic heterocycles. The minimum absolute atomic E-state index is 0.0501. The van der Waals surface area contributed by atoms with Crippen molar-refractivity contribution < 1.29 is 9.59 Å². The molecule has 4 nitrogen and oxygen atoms in total. The molecule has 2 aliphatic heterocycles. The quantitative estimate of drug-likeness (QED) is 0.725. The summed E-state index contributed by atoms with van der Waals surface area (Å²) in [6.45, 7) is 0. The van der Waals surface area contributed by atoms with Gasteiger partial charge >= 0.3 is 0 Å². The third-order valence-electron chi connectivity index (χ3n) is 4.37. The van der Waals surface area contributed by atoms with Gasteiger partial charge in [0.25, 0.3) is 0 Å². The molecule has 144 valence electrons. The molecule has 2 aromatic rings. The van der Waals surface area contributed by atoms with Crippen molar-refractivity contribution in [3.8, 4) is 0 Å². The van der Waals surface area contributed by atoms with Crippen molar-refractivity contribution in [2.75, 3.05) is 0 Å². The average molecular weight is 415 g/mol. The maximum atomic E-state index is 11.0. The second-order valence-corrected chi connectivity index (χ2v) is 7.17. The van der Waals surface area contributed by atoms with E-state index in [4.69, 9.17) is 23.2 Å². The van der Waals surface area contributed by atoms with Crippen molar-refractivity contribution in [1.82, 2.24) is 10.6 Å². The zero-order valence-corrected chi connectivity index (χ0v) is 16.7. The largest absolute Gasteiger partial charge is 0.328 e. The fraction of sp³-hybridized carbons (Fsp3) is 0.182. The van der Waals surface area contributed by atoms with E-state index in [-0.39, 0.29) is 11.8 Å². The molecule has 2 aromatic carbocycles. The highest BCUT2D eigenvalue weighted by molar-refractivity contribution is 6.49. The molecular formula is C22H20Cl2N2O2. The fourth-order valence-electron chi connectivity index (χ4n) is 2.91. The van der Waals surface area contributed by atoms with E-state index in [1.54, 1.807) is 0 Å². The molecule has 2 fully saturated rings. The van der Waals surface area contributed by atoms with Gasteiger partial charge in [-0.25, -0.2) is 0 Å². The molecule has 28 heavy (non-hydrogen) atoms. The van der Waals surface area contributed by atoms with Crippen LogP contribution in [0.25, 0.3) is 10.1 Å². The second kappa shape index (κ2) is 9.58. The van der Waals surface area contributed by atoms with Gasteiger partial charge in [-0.05, 0) is 24.0 Å². The first kappa shape index (κ1) is 20.2. The number of rotatable bonds is 2. The van der Waals surface area contributed by atoms with E-state index in [1.807, 2.05) is 60.7 Å². The van der Waals surface area contributed by atoms with Crippen molar-refractivity contribution in [2.24, 2.45) is 0 Å². The van der Waals surface area contributed by atoms with Gasteiger partial charge in [0.2, 0.25) is 11.8 Å². The highest BCUT2D eigenvalue weighted by atomic mass is 35.5. The van der Waals surface area contributed by atoms with Crippen molar-refractivity contribution >= 4 is 45.1 Å². The van der Waals surface area contributed by atoms with E-state index in [0.29, 0.717) is 35.7 Å². The summed E-state index contributed by atoms with van der Waals surface area (Å²) in [7, 11) is 0. The highest BCUT2D eigenvalue weighted by Gasteiger charge is 2.18. The van der Waals surface area contributed by atoms with Crippen LogP contribution in [-0.2, 0) is 9.59 Å². The van der Waals surface area contributed by atoms with E-state index < -0.39 is 0 Å². The average Bonchev–Trinajstić information content (AvgIpc) is 3.37. The molecule has 2 heterocycles. The number of halogens is 2. The Hall–Kier alpha value is -2.56. The van der Waals surface area contributed by atoms with Crippen LogP contribution in [0.4, 0.5) is 0 Å². The molecule has 6 heteroatoms. The van der Waals surface area contributed by atoms with Crippen molar-refractivity contribution in [3.63, 3.8) is 0 Å². The summed E-state index contributed by atoms with van der Waals surface area (Å²) in [4.78, 5) is 22.0. The van der Waals surface area contributed by atoms with Crippen LogP contribution in [0.1, 0.15) is 36.8 Å². The molecule has 0 bridgehead atoms. The summed E-state index contributed by atoms with van der Waals surface area (Å²) < 4.78 is 0. The lowest BCUT2D eigenvalue weighted by molar-refractivity contribution is -0.119. The van der Waals surface area contributed by atoms with Crippen LogP contribution >= 0.6 is 23.2 Å². The van der Waals surface area contributed by atoms with E-state index in [2.05, 4.69) is 10.6 Å². The van der Waals surface area contributed by atoms with Crippen LogP contribution in [0, 0.1) is 0 Å². The number of amides is 2. The van der Waals surface area contributed by atoms with E-state index in [0.717, 1.165) is 22.5 Å². The molecule has 2 N–H and O–H groups in total. The summed E-state index contributed by atoms with van der Waals surface area (Å²) in [6, 6.07) is 19.3. The number of hydrogen-bond donors (Lipinski definition) is 2. The number of nitrogens with one attached hydrogen (secondary N) is 2. The normalized spacial score (nSPS) is 19.4. The zero-order valence-electron chi connectivity index (χ0n) is 15.2. The number of hydrogen-bond acceptors (Lipinski definition) is 2. The van der Waals surface area contributed by atoms with Gasteiger partial charge in [-0.3, -0.25) is 9.59 Å². The molecular weight excluding hydrogens is 395 g/mol. The second-order valence-electron chi connectivity index (χ2n) is 6.41. The van der Waals surface area contributed by atoms with E-state index in [9.17, 15) is 9.59 Å². The summed E-state index contributed by atoms with van der Waals surface area (Å²) in [5.41, 5.74) is 3.57. The van der Waals surface area contributed by atoms with Crippen molar-refractivity contribution in [3.05, 3.63) is 83.2 Å². The summed E-state index contributed by atoms with van der Waals surface area (Å²) in [6.07, 6.45) is 2.51. The van der Waals surface area contributed by atoms with E-state index in [1.165, 1.54) is 0 Å². The maximum Gasteiger partial charge on any atom is 0.224 e. The number of carbonyl (C=O) groups excluding carboxylic acids is 2. The van der Waals surface area contributed by atoms with Gasteiger partial charge in [0, 0.05) is 24.2 Å². The summed E-state index contributed by atoms with van der Waals surface area (Å²) in [5.74, 6) is 0.100. The molecule has 0 unspecified atom stereocenters. The maximum absolute atomic E-state index is 11.0. The van der Waals surface area contributed by atoms with Crippen LogP contribution in [-0.4, -0.2) is 11.8 Å². The minimum atomic E-state index is 0.0501. The smallest absolute Gasteiger partial charge is 0.224 e. The van der Waals surface area contributed by atoms with E-state index >= 15 is 0 Å². The Labute approximate surface area is 174 Å². The Morgan fingerprint density at radius 3 is 1.25 bits per heavy atom. The number of carbonyl (C=O) groups is 2. The van der Waals surface area contributed by atoms with Gasteiger partial charge in [-0.15, -0.1) is 0 Å². The molecule has 0 atom stereocenters. The zero-order chi connectivity index (χ0) is 19.9. The van der Waals surface area contributed by atoms with Crippen LogP contribution < -0.4 is 10.6 Å². The van der Waals surface area contributed by atoms with Crippen LogP contribution in [0.2, 0.25) is 0 Å². The molecule has 2 amide bonds. The summed E-state index contributed by atoms with van der Waals surface area (Å²) >= 11 is 12.3. The Morgan fingerprint density at radius 2 is 0.964 bits per heavy atom. The van der Waals surface area contributed by atoms with Gasteiger partial charge in [-0.2, -0.15) is 0 Å². The molecule has 0 spiro atoms. The van der Waals surface area contributed by atoms with Crippen molar-refractivity contribution in [1.29, 1.82) is 0 Å². The lowest BCUT2D eigenvalue weighted by atomic mass is 10.1. The predicted octanol–water partition coefficient (Wildman–Crippen LogP) is 5.01. The third-order valence-corrected chi connectivity index (χ3v) is 5.26. The standard InChI is InChI=1S/2C11H10ClNO/c2*12-11(8-4-2-1-3-5-8)9-6-7-10(14)13-9/h2*1-5H,6-7H2,(H,13,14)/b2*11-9-. The lowest BCUT2D eigenvalue weighted by Gasteiger charge is -2.03. The van der Waals surface area contributed by atoms with Gasteiger partial charge in [-0.1, -0.05) is 83.9 Å². The van der Waals surface area contributed by atoms with Crippen molar-refractivity contribution in [2.45, 2.75) is 25.7 Å². The van der Waals surface area contributed by atoms with Gasteiger partial charge < -0.3 is 10.6 Å². The van der Waals surface area contributed by atoms with Crippen LogP contribution in [0.3, 0.4) is 0 Å². The molecule has 4 rings (SSSR count). The SMILES string of the molecule is O=C1CC/C(=C(/Cl)c2ccccc2)N1.O=C1CC/C(=C(/Cl)c2ccccc2)N1. The molecule has 2 saturated heterocycles. The van der Waals surface area contributed by atoms with Crippen LogP contribution in [0.15, 0.2) is 72.1 Å². The molecule has 0 aliphatic carbocycles. The first-order chi connectivity index (χ1) is 13.5. The third kappa shape index (κ3) is 5.24. The molecule has 2 aliphatic rings. The van der Waals surface area contributed by atoms with Gasteiger partial charge in [0.15, 0.2) is 0 Å². The Balaban J connectivity index is 0.000000161. The van der Waals surface area contributed by atoms with Gasteiger partial charge in [0.1, 0.15) is 0 Å².